The van der Waals surface area contributed by atoms with Crippen molar-refractivity contribution in [3.8, 4) is 0 Å². The normalized spacial score (nSPS) is 16.7. The Balaban J connectivity index is 1.44. The Morgan fingerprint density at radius 2 is 1.96 bits per heavy atom. The van der Waals surface area contributed by atoms with E-state index in [9.17, 15) is 14.4 Å². The summed E-state index contributed by atoms with van der Waals surface area (Å²) in [5.74, 6) is -0.158. The van der Waals surface area contributed by atoms with Crippen molar-refractivity contribution in [2.45, 2.75) is 44.9 Å². The quantitative estimate of drug-likeness (QED) is 0.505. The van der Waals surface area contributed by atoms with Crippen LogP contribution in [0.25, 0.3) is 0 Å². The van der Waals surface area contributed by atoms with E-state index in [1.54, 1.807) is 7.05 Å². The molecule has 2 rings (SSSR count). The Morgan fingerprint density at radius 1 is 1.15 bits per heavy atom. The number of esters is 1. The van der Waals surface area contributed by atoms with Crippen molar-refractivity contribution in [1.29, 1.82) is 0 Å². The average molecular weight is 363 g/mol. The number of urea groups is 2. The van der Waals surface area contributed by atoms with Gasteiger partial charge in [0.25, 0.3) is 0 Å². The molecule has 2 aliphatic rings. The molecule has 4 amide bonds. The number of ether oxygens (including phenoxy) is 1. The highest BCUT2D eigenvalue weighted by Gasteiger charge is 2.30. The number of imide groups is 1. The Kier molecular flexibility index (Phi) is 8.18. The van der Waals surface area contributed by atoms with Crippen LogP contribution in [-0.4, -0.2) is 61.1 Å². The minimum Gasteiger partial charge on any atom is -0.461 e. The third-order valence-electron chi connectivity index (χ3n) is 4.52. The van der Waals surface area contributed by atoms with Crippen LogP contribution >= 0.6 is 0 Å². The Bertz CT molecular complexity index is 571. The number of likely N-dealkylation sites (N-methyl/N-ethyl adjacent to an activating group) is 1. The van der Waals surface area contributed by atoms with Crippen LogP contribution in [0.1, 0.15) is 44.9 Å². The summed E-state index contributed by atoms with van der Waals surface area (Å²) in [6, 6.07) is -0.575. The maximum Gasteiger partial charge on any atom is 0.328 e. The van der Waals surface area contributed by atoms with E-state index in [4.69, 9.17) is 4.74 Å². The molecule has 0 bridgehead atoms. The molecule has 0 spiro atoms. The maximum absolute atomic E-state index is 11.9. The van der Waals surface area contributed by atoms with Gasteiger partial charge in [0.2, 0.25) is 0 Å². The van der Waals surface area contributed by atoms with Crippen molar-refractivity contribution < 1.29 is 19.1 Å². The van der Waals surface area contributed by atoms with Gasteiger partial charge < -0.3 is 15.0 Å². The highest BCUT2D eigenvalue weighted by atomic mass is 16.5. The van der Waals surface area contributed by atoms with Gasteiger partial charge in [-0.3, -0.25) is 4.79 Å². The summed E-state index contributed by atoms with van der Waals surface area (Å²) >= 11 is 0. The van der Waals surface area contributed by atoms with Crippen molar-refractivity contribution in [3.05, 3.63) is 23.8 Å². The minimum atomic E-state index is -0.325. The summed E-state index contributed by atoms with van der Waals surface area (Å²) in [6.45, 7) is 1.93. The number of nitrogens with one attached hydrogen (secondary N) is 1. The van der Waals surface area contributed by atoms with Gasteiger partial charge in [0, 0.05) is 33.1 Å². The summed E-state index contributed by atoms with van der Waals surface area (Å²) in [6.07, 6.45) is 12.2. The van der Waals surface area contributed by atoms with E-state index in [0.717, 1.165) is 44.1 Å². The highest BCUT2D eigenvalue weighted by molar-refractivity contribution is 5.94. The summed E-state index contributed by atoms with van der Waals surface area (Å²) in [5, 5.41) is 2.77. The van der Waals surface area contributed by atoms with Crippen molar-refractivity contribution >= 4 is 18.0 Å². The van der Waals surface area contributed by atoms with Gasteiger partial charge in [-0.05, 0) is 31.3 Å². The first-order valence-electron chi connectivity index (χ1n) is 9.39. The van der Waals surface area contributed by atoms with E-state index in [1.807, 2.05) is 6.08 Å². The molecule has 144 valence electrons. The average Bonchev–Trinajstić information content (AvgIpc) is 2.99. The van der Waals surface area contributed by atoms with Crippen molar-refractivity contribution in [2.24, 2.45) is 0 Å². The second kappa shape index (κ2) is 10.6. The molecule has 1 aliphatic heterocycles. The molecule has 7 nitrogen and oxygen atoms in total. The van der Waals surface area contributed by atoms with Crippen molar-refractivity contribution in [2.75, 3.05) is 33.3 Å². The molecule has 0 atom stereocenters. The number of carbonyl (C=O) groups is 3. The van der Waals surface area contributed by atoms with Crippen LogP contribution in [0.2, 0.25) is 0 Å². The summed E-state index contributed by atoms with van der Waals surface area (Å²) in [7, 11) is 1.68. The number of allylic oxidation sites excluding steroid dienone is 2. The number of carbonyl (C=O) groups excluding carboxylic acids is 3. The van der Waals surface area contributed by atoms with E-state index in [2.05, 4.69) is 17.5 Å². The van der Waals surface area contributed by atoms with Crippen LogP contribution < -0.4 is 5.32 Å². The summed E-state index contributed by atoms with van der Waals surface area (Å²) < 4.78 is 5.26. The van der Waals surface area contributed by atoms with Crippen molar-refractivity contribution in [3.63, 3.8) is 0 Å². The molecule has 1 fully saturated rings. The number of rotatable bonds is 9. The standard InChI is InChI=1S/C19H29N3O4/c1-21-13-14-22(19(21)25)18(24)20-12-8-3-2-7-11-17(23)26-15-16-9-5-4-6-10-16/h5,9-10H,2-4,6-8,11-15H2,1H3,(H,20,24). The summed E-state index contributed by atoms with van der Waals surface area (Å²) in [4.78, 5) is 38.0. The van der Waals surface area contributed by atoms with Crippen LogP contribution in [0.3, 0.4) is 0 Å². The third-order valence-corrected chi connectivity index (χ3v) is 4.52. The van der Waals surface area contributed by atoms with Crippen LogP contribution in [0, 0.1) is 0 Å². The third kappa shape index (κ3) is 6.54. The van der Waals surface area contributed by atoms with Gasteiger partial charge in [0.1, 0.15) is 6.61 Å². The smallest absolute Gasteiger partial charge is 0.328 e. The molecule has 0 aromatic carbocycles. The van der Waals surface area contributed by atoms with E-state index in [1.165, 1.54) is 9.80 Å². The Hall–Kier alpha value is -2.31. The molecule has 0 unspecified atom stereocenters. The van der Waals surface area contributed by atoms with Gasteiger partial charge in [0.05, 0.1) is 0 Å². The SMILES string of the molecule is CN1CCN(C(=O)NCCCCCCC(=O)OCC2=CCCC=C2)C1=O. The van der Waals surface area contributed by atoms with Gasteiger partial charge in [0.15, 0.2) is 0 Å². The van der Waals surface area contributed by atoms with Gasteiger partial charge in [-0.2, -0.15) is 0 Å². The molecule has 1 aliphatic carbocycles. The van der Waals surface area contributed by atoms with E-state index in [-0.39, 0.29) is 18.0 Å². The second-order valence-corrected chi connectivity index (χ2v) is 6.67. The van der Waals surface area contributed by atoms with Crippen LogP contribution in [0.5, 0.6) is 0 Å². The molecular weight excluding hydrogens is 334 g/mol. The van der Waals surface area contributed by atoms with E-state index in [0.29, 0.717) is 32.7 Å². The fraction of sp³-hybridized carbons (Fsp3) is 0.632. The topological polar surface area (TPSA) is 78.9 Å². The zero-order valence-corrected chi connectivity index (χ0v) is 15.5. The molecule has 0 aromatic heterocycles. The van der Waals surface area contributed by atoms with Gasteiger partial charge in [-0.15, -0.1) is 0 Å². The maximum atomic E-state index is 11.9. The molecule has 1 heterocycles. The monoisotopic (exact) mass is 363 g/mol. The number of nitrogens with zero attached hydrogens (tertiary/aromatic N) is 2. The van der Waals surface area contributed by atoms with E-state index >= 15 is 0 Å². The molecule has 26 heavy (non-hydrogen) atoms. The number of hydrogen-bond donors (Lipinski definition) is 1. The van der Waals surface area contributed by atoms with Gasteiger partial charge in [-0.25, -0.2) is 14.5 Å². The van der Waals surface area contributed by atoms with Gasteiger partial charge >= 0.3 is 18.0 Å². The molecule has 7 heteroatoms. The lowest BCUT2D eigenvalue weighted by molar-refractivity contribution is -0.142. The van der Waals surface area contributed by atoms with Crippen LogP contribution in [0.4, 0.5) is 9.59 Å². The Morgan fingerprint density at radius 3 is 2.65 bits per heavy atom. The highest BCUT2D eigenvalue weighted by Crippen LogP contribution is 2.11. The number of unbranched alkanes of at least 4 members (excludes halogenated alkanes) is 3. The molecule has 0 saturated carbocycles. The molecule has 1 saturated heterocycles. The fourth-order valence-corrected chi connectivity index (χ4v) is 2.89. The molecule has 0 aromatic rings. The van der Waals surface area contributed by atoms with Crippen molar-refractivity contribution in [1.82, 2.24) is 15.1 Å². The Labute approximate surface area is 155 Å². The van der Waals surface area contributed by atoms with E-state index < -0.39 is 0 Å². The first-order valence-corrected chi connectivity index (χ1v) is 9.39. The fourth-order valence-electron chi connectivity index (χ4n) is 2.89. The molecular formula is C19H29N3O4. The lowest BCUT2D eigenvalue weighted by Gasteiger charge is -2.14. The largest absolute Gasteiger partial charge is 0.461 e. The molecule has 0 radical (unpaired) electrons. The van der Waals surface area contributed by atoms with Crippen LogP contribution in [-0.2, 0) is 9.53 Å². The predicted octanol–water partition coefficient (Wildman–Crippen LogP) is 2.83. The first-order chi connectivity index (χ1) is 12.6. The second-order valence-electron chi connectivity index (χ2n) is 6.67. The lowest BCUT2D eigenvalue weighted by Crippen LogP contribution is -2.42. The zero-order valence-electron chi connectivity index (χ0n) is 15.5. The lowest BCUT2D eigenvalue weighted by atomic mass is 10.1. The first kappa shape index (κ1) is 20.0. The number of hydrogen-bond acceptors (Lipinski definition) is 4. The number of amides is 4. The minimum absolute atomic E-state index is 0.158. The van der Waals surface area contributed by atoms with Crippen LogP contribution in [0.15, 0.2) is 23.8 Å². The molecule has 1 N–H and O–H groups in total. The predicted molar refractivity (Wildman–Crippen MR) is 98.6 cm³/mol. The summed E-state index contributed by atoms with van der Waals surface area (Å²) in [5.41, 5.74) is 1.07. The zero-order chi connectivity index (χ0) is 18.8. The van der Waals surface area contributed by atoms with Gasteiger partial charge in [-0.1, -0.05) is 31.1 Å².